The Balaban J connectivity index is 1.72. The molecule has 0 amide bonds. The second kappa shape index (κ2) is 13.0. The molecule has 2 fully saturated rings. The molecule has 1 aromatic carbocycles. The Morgan fingerprint density at radius 1 is 1.20 bits per heavy atom. The third kappa shape index (κ3) is 7.24. The van der Waals surface area contributed by atoms with E-state index in [4.69, 9.17) is 19.2 Å². The van der Waals surface area contributed by atoms with Gasteiger partial charge in [-0.15, -0.1) is 0 Å². The molecule has 0 spiro atoms. The Bertz CT molecular complexity index is 1510. The van der Waals surface area contributed by atoms with E-state index < -0.39 is 30.2 Å². The molecular formula is C32H40BrF3N4O4. The molecule has 2 aromatic heterocycles. The van der Waals surface area contributed by atoms with E-state index in [-0.39, 0.29) is 12.6 Å². The molecule has 8 nitrogen and oxygen atoms in total. The summed E-state index contributed by atoms with van der Waals surface area (Å²) in [6, 6.07) is 7.55. The van der Waals surface area contributed by atoms with Gasteiger partial charge in [-0.2, -0.15) is 13.2 Å². The second-order valence-electron chi connectivity index (χ2n) is 12.5. The van der Waals surface area contributed by atoms with Gasteiger partial charge >= 0.3 is 12.1 Å². The zero-order valence-corrected chi connectivity index (χ0v) is 27.4. The van der Waals surface area contributed by atoms with Crippen LogP contribution in [0.1, 0.15) is 45.1 Å². The maximum atomic E-state index is 14.3. The van der Waals surface area contributed by atoms with E-state index in [9.17, 15) is 18.0 Å². The van der Waals surface area contributed by atoms with Crippen molar-refractivity contribution in [3.8, 4) is 11.3 Å². The normalized spacial score (nSPS) is 18.8. The molecule has 12 heteroatoms. The van der Waals surface area contributed by atoms with Gasteiger partial charge in [0.15, 0.2) is 0 Å². The van der Waals surface area contributed by atoms with E-state index in [1.54, 1.807) is 25.4 Å². The van der Waals surface area contributed by atoms with Crippen molar-refractivity contribution in [2.45, 2.75) is 59.0 Å². The average molecular weight is 682 g/mol. The Morgan fingerprint density at radius 3 is 2.68 bits per heavy atom. The summed E-state index contributed by atoms with van der Waals surface area (Å²) >= 11 is 3.53. The summed E-state index contributed by atoms with van der Waals surface area (Å²) in [4.78, 5) is 21.2. The Labute approximate surface area is 264 Å². The first-order chi connectivity index (χ1) is 20.8. The molecule has 0 bridgehead atoms. The monoisotopic (exact) mass is 680 g/mol. The molecule has 240 valence electrons. The number of methoxy groups -OCH3 is 1. The number of alkyl halides is 3. The summed E-state index contributed by atoms with van der Waals surface area (Å²) in [6.07, 6.45) is -2.80. The molecule has 0 radical (unpaired) electrons. The van der Waals surface area contributed by atoms with Gasteiger partial charge in [0.1, 0.15) is 6.54 Å². The summed E-state index contributed by atoms with van der Waals surface area (Å²) < 4.78 is 61.8. The largest absolute Gasteiger partial charge is 0.465 e. The van der Waals surface area contributed by atoms with Gasteiger partial charge < -0.3 is 23.7 Å². The number of carbonyl (C=O) groups is 1. The molecule has 0 saturated carbocycles. The zero-order valence-electron chi connectivity index (χ0n) is 25.8. The number of pyridine rings is 1. The van der Waals surface area contributed by atoms with Crippen molar-refractivity contribution in [2.24, 2.45) is 5.41 Å². The minimum Gasteiger partial charge on any atom is -0.465 e. The van der Waals surface area contributed by atoms with Gasteiger partial charge in [-0.05, 0) is 43.2 Å². The molecule has 0 aliphatic carbocycles. The van der Waals surface area contributed by atoms with Gasteiger partial charge in [0.25, 0.3) is 0 Å². The average Bonchev–Trinajstić information content (AvgIpc) is 3.24. The van der Waals surface area contributed by atoms with Crippen molar-refractivity contribution in [2.75, 3.05) is 58.0 Å². The predicted octanol–water partition coefficient (Wildman–Crippen LogP) is 6.39. The number of hydrogen-bond acceptors (Lipinski definition) is 7. The Kier molecular flexibility index (Phi) is 9.65. The quantitative estimate of drug-likeness (QED) is 0.243. The summed E-state index contributed by atoms with van der Waals surface area (Å²) in [7, 11) is 1.57. The van der Waals surface area contributed by atoms with Crippen LogP contribution in [0, 0.1) is 5.41 Å². The molecule has 5 rings (SSSR count). The number of fused-ring (bicyclic) bond motifs is 2. The fourth-order valence-corrected chi connectivity index (χ4v) is 6.66. The number of carbonyl (C=O) groups excluding carboxylic acids is 1. The van der Waals surface area contributed by atoms with Gasteiger partial charge in [0.2, 0.25) is 0 Å². The van der Waals surface area contributed by atoms with E-state index >= 15 is 0 Å². The maximum Gasteiger partial charge on any atom is 0.406 e. The lowest BCUT2D eigenvalue weighted by Crippen LogP contribution is -2.58. The molecule has 1 unspecified atom stereocenters. The molecule has 4 heterocycles. The van der Waals surface area contributed by atoms with E-state index in [2.05, 4.69) is 25.7 Å². The molecule has 2 saturated heterocycles. The van der Waals surface area contributed by atoms with Crippen molar-refractivity contribution in [1.29, 1.82) is 0 Å². The molecule has 2 atom stereocenters. The first-order valence-corrected chi connectivity index (χ1v) is 15.7. The fourth-order valence-electron chi connectivity index (χ4n) is 6.30. The summed E-state index contributed by atoms with van der Waals surface area (Å²) in [5, 5.41) is 0.698. The number of morpholine rings is 1. The second-order valence-corrected chi connectivity index (χ2v) is 13.4. The van der Waals surface area contributed by atoms with Gasteiger partial charge in [-0.25, -0.2) is 0 Å². The van der Waals surface area contributed by atoms with E-state index in [0.29, 0.717) is 40.9 Å². The Hall–Kier alpha value is -2.67. The Morgan fingerprint density at radius 2 is 1.98 bits per heavy atom. The number of piperazine rings is 1. The van der Waals surface area contributed by atoms with Gasteiger partial charge in [0.05, 0.1) is 55.2 Å². The minimum absolute atomic E-state index is 0.120. The summed E-state index contributed by atoms with van der Waals surface area (Å²) in [5.74, 6) is -0.405. The molecule has 0 N–H and O–H groups in total. The molecule has 3 aromatic rings. The lowest BCUT2D eigenvalue weighted by Gasteiger charge is -2.44. The van der Waals surface area contributed by atoms with Crippen LogP contribution in [0.5, 0.6) is 0 Å². The number of halogens is 4. The van der Waals surface area contributed by atoms with Crippen molar-refractivity contribution in [1.82, 2.24) is 14.5 Å². The number of ether oxygens (including phenoxy) is 3. The van der Waals surface area contributed by atoms with Crippen LogP contribution >= 0.6 is 15.9 Å². The maximum absolute atomic E-state index is 14.3. The van der Waals surface area contributed by atoms with Crippen LogP contribution in [-0.2, 0) is 32.0 Å². The van der Waals surface area contributed by atoms with Crippen LogP contribution in [0.3, 0.4) is 0 Å². The van der Waals surface area contributed by atoms with Gasteiger partial charge in [0, 0.05) is 66.6 Å². The highest BCUT2D eigenvalue weighted by atomic mass is 79.9. The van der Waals surface area contributed by atoms with Crippen LogP contribution in [0.2, 0.25) is 0 Å². The highest BCUT2D eigenvalue weighted by Gasteiger charge is 2.35. The fraction of sp³-hybridized carbons (Fsp3) is 0.562. The first-order valence-electron chi connectivity index (χ1n) is 14.9. The number of anilines is 1. The van der Waals surface area contributed by atoms with Crippen molar-refractivity contribution in [3.05, 3.63) is 46.2 Å². The van der Waals surface area contributed by atoms with Crippen molar-refractivity contribution in [3.63, 3.8) is 0 Å². The van der Waals surface area contributed by atoms with Crippen LogP contribution < -0.4 is 4.90 Å². The van der Waals surface area contributed by atoms with Crippen molar-refractivity contribution >= 4 is 38.5 Å². The van der Waals surface area contributed by atoms with Gasteiger partial charge in [-0.1, -0.05) is 29.8 Å². The van der Waals surface area contributed by atoms with Crippen LogP contribution in [-0.4, -0.2) is 85.7 Å². The summed E-state index contributed by atoms with van der Waals surface area (Å²) in [5.41, 5.74) is 3.06. The predicted molar refractivity (Wildman–Crippen MR) is 167 cm³/mol. The topological polar surface area (TPSA) is 69.1 Å². The zero-order chi connectivity index (χ0) is 31.8. The lowest BCUT2D eigenvalue weighted by atomic mass is 9.84. The van der Waals surface area contributed by atoms with Crippen LogP contribution in [0.25, 0.3) is 22.2 Å². The van der Waals surface area contributed by atoms with Gasteiger partial charge in [-0.3, -0.25) is 14.7 Å². The highest BCUT2D eigenvalue weighted by Crippen LogP contribution is 2.43. The molecule has 2 aliphatic heterocycles. The number of hydrogen-bond donors (Lipinski definition) is 0. The van der Waals surface area contributed by atoms with Crippen LogP contribution in [0.15, 0.2) is 34.9 Å². The SMILES string of the molecule is COC(C)c1ncc(N2CCN3CCOC[C@@H]3C2)cc1-c1c(CC(C)(C)COC(C)=O)c2cc(Br)ccc2n1CC(F)(F)F. The number of rotatable bonds is 9. The minimum atomic E-state index is -4.48. The molecule has 44 heavy (non-hydrogen) atoms. The number of esters is 1. The first kappa shape index (κ1) is 32.7. The third-order valence-corrected chi connectivity index (χ3v) is 8.98. The molecule has 2 aliphatic rings. The highest BCUT2D eigenvalue weighted by molar-refractivity contribution is 9.10. The van der Waals surface area contributed by atoms with Crippen molar-refractivity contribution < 1.29 is 32.2 Å². The third-order valence-electron chi connectivity index (χ3n) is 8.49. The number of aromatic nitrogens is 2. The van der Waals surface area contributed by atoms with E-state index in [1.165, 1.54) is 11.5 Å². The van der Waals surface area contributed by atoms with E-state index in [0.717, 1.165) is 48.5 Å². The lowest BCUT2D eigenvalue weighted by molar-refractivity contribution is -0.144. The number of benzene rings is 1. The smallest absolute Gasteiger partial charge is 0.406 e. The number of nitrogens with zero attached hydrogens (tertiary/aromatic N) is 4. The molecular weight excluding hydrogens is 641 g/mol. The standard InChI is InChI=1S/C32H40BrF3N4O4/c1-20(42-5)29-26(13-23(15-37-29)39-9-8-38-10-11-43-17-24(38)16-39)30-27(14-31(3,4)19-44-21(2)41)25-12-22(33)6-7-28(25)40(30)18-32(34,35)36/h6-7,12-13,15,20,24H,8-11,14,16-19H2,1-5H3/t20?,24-/m0/s1. The summed E-state index contributed by atoms with van der Waals surface area (Å²) in [6.45, 7) is 10.7. The van der Waals surface area contributed by atoms with Crippen LogP contribution in [0.4, 0.5) is 18.9 Å². The van der Waals surface area contributed by atoms with E-state index in [1.807, 2.05) is 32.9 Å².